The molecule has 82 valence electrons. The minimum Gasteiger partial charge on any atom is -0.311 e. The van der Waals surface area contributed by atoms with Crippen molar-refractivity contribution >= 4 is 23.2 Å². The van der Waals surface area contributed by atoms with Gasteiger partial charge in [-0.15, -0.1) is 11.6 Å². The van der Waals surface area contributed by atoms with Crippen LogP contribution in [0.25, 0.3) is 0 Å². The van der Waals surface area contributed by atoms with E-state index in [2.05, 4.69) is 0 Å². The number of nitrogens with zero attached hydrogens (tertiary/aromatic N) is 1. The largest absolute Gasteiger partial charge is 0.311 e. The molecule has 1 amide bonds. The van der Waals surface area contributed by atoms with Gasteiger partial charge >= 0.3 is 0 Å². The maximum absolute atomic E-state index is 11.8. The number of hydrogen-bond acceptors (Lipinski definition) is 1. The molecule has 1 atom stereocenters. The fourth-order valence-corrected chi connectivity index (χ4v) is 1.64. The molecule has 0 radical (unpaired) electrons. The lowest BCUT2D eigenvalue weighted by atomic mass is 10.1. The lowest BCUT2D eigenvalue weighted by molar-refractivity contribution is -0.118. The number of carbonyl (C=O) groups excluding carboxylic acids is 1. The highest BCUT2D eigenvalue weighted by Crippen LogP contribution is 2.20. The minimum atomic E-state index is -0.482. The first-order chi connectivity index (χ1) is 7.07. The molecule has 0 saturated heterocycles. The summed E-state index contributed by atoms with van der Waals surface area (Å²) in [4.78, 5) is 13.5. The Bertz CT molecular complexity index is 349. The number of aryl methyl sites for hydroxylation is 1. The summed E-state index contributed by atoms with van der Waals surface area (Å²) in [5.74, 6) is -0.0477. The Morgan fingerprint density at radius 2 is 2.07 bits per heavy atom. The van der Waals surface area contributed by atoms with E-state index < -0.39 is 5.38 Å². The van der Waals surface area contributed by atoms with Gasteiger partial charge in [0.1, 0.15) is 5.38 Å². The topological polar surface area (TPSA) is 20.3 Å². The van der Waals surface area contributed by atoms with Crippen LogP contribution in [0.4, 0.5) is 5.69 Å². The maximum atomic E-state index is 11.8. The van der Waals surface area contributed by atoms with Crippen LogP contribution in [-0.4, -0.2) is 17.8 Å². The third kappa shape index (κ3) is 2.72. The van der Waals surface area contributed by atoms with Gasteiger partial charge in [0.2, 0.25) is 5.91 Å². The number of rotatable bonds is 3. The first-order valence-corrected chi connectivity index (χ1v) is 5.52. The number of hydrogen-bond donors (Lipinski definition) is 0. The summed E-state index contributed by atoms with van der Waals surface area (Å²) in [5, 5.41) is -0.482. The Balaban J connectivity index is 3.03. The Morgan fingerprint density at radius 1 is 1.47 bits per heavy atom. The van der Waals surface area contributed by atoms with Gasteiger partial charge in [0, 0.05) is 12.2 Å². The second kappa shape index (κ2) is 5.17. The van der Waals surface area contributed by atoms with Gasteiger partial charge in [-0.05, 0) is 32.4 Å². The molecule has 0 saturated carbocycles. The van der Waals surface area contributed by atoms with Gasteiger partial charge in [-0.3, -0.25) is 4.79 Å². The summed E-state index contributed by atoms with van der Waals surface area (Å²) in [5.41, 5.74) is 2.03. The molecular weight excluding hydrogens is 210 g/mol. The molecular formula is C12H16ClNO. The number of halogens is 1. The monoisotopic (exact) mass is 225 g/mol. The van der Waals surface area contributed by atoms with Crippen LogP contribution in [0.5, 0.6) is 0 Å². The number of amides is 1. The molecule has 0 fully saturated rings. The van der Waals surface area contributed by atoms with Crippen LogP contribution in [0.2, 0.25) is 0 Å². The van der Waals surface area contributed by atoms with Crippen LogP contribution in [0.1, 0.15) is 19.4 Å². The smallest absolute Gasteiger partial charge is 0.244 e. The summed E-state index contributed by atoms with van der Waals surface area (Å²) in [6.07, 6.45) is 0. The lowest BCUT2D eigenvalue weighted by Gasteiger charge is -2.23. The number of benzene rings is 1. The number of anilines is 1. The molecule has 1 rings (SSSR count). The predicted octanol–water partition coefficient (Wildman–Crippen LogP) is 2.98. The van der Waals surface area contributed by atoms with Crippen molar-refractivity contribution in [3.05, 3.63) is 29.8 Å². The molecule has 0 aromatic heterocycles. The lowest BCUT2D eigenvalue weighted by Crippen LogP contribution is -2.36. The average molecular weight is 226 g/mol. The van der Waals surface area contributed by atoms with Crippen LogP contribution in [0, 0.1) is 6.92 Å². The van der Waals surface area contributed by atoms with Crippen LogP contribution >= 0.6 is 11.6 Å². The van der Waals surface area contributed by atoms with E-state index in [1.165, 1.54) is 0 Å². The van der Waals surface area contributed by atoms with E-state index in [9.17, 15) is 4.79 Å². The van der Waals surface area contributed by atoms with Crippen LogP contribution in [-0.2, 0) is 4.79 Å². The summed E-state index contributed by atoms with van der Waals surface area (Å²) in [7, 11) is 0. The normalized spacial score (nSPS) is 12.3. The Labute approximate surface area is 95.8 Å². The van der Waals surface area contributed by atoms with Crippen molar-refractivity contribution in [2.24, 2.45) is 0 Å². The number of alkyl halides is 1. The summed E-state index contributed by atoms with van der Waals surface area (Å²) in [6.45, 7) is 6.28. The summed E-state index contributed by atoms with van der Waals surface area (Å²) < 4.78 is 0. The Kier molecular flexibility index (Phi) is 4.15. The van der Waals surface area contributed by atoms with E-state index in [4.69, 9.17) is 11.6 Å². The van der Waals surface area contributed by atoms with Crippen molar-refractivity contribution in [1.82, 2.24) is 0 Å². The first kappa shape index (κ1) is 12.1. The Morgan fingerprint density at radius 3 is 2.53 bits per heavy atom. The van der Waals surface area contributed by atoms with Gasteiger partial charge in [-0.2, -0.15) is 0 Å². The standard InChI is InChI=1S/C12H16ClNO/c1-4-14(12(15)10(3)13)11-8-6-5-7-9(11)2/h5-8,10H,4H2,1-3H3/t10-/m1/s1. The van der Waals surface area contributed by atoms with E-state index >= 15 is 0 Å². The minimum absolute atomic E-state index is 0.0477. The molecule has 1 aromatic rings. The second-order valence-electron chi connectivity index (χ2n) is 3.48. The number of carbonyl (C=O) groups is 1. The highest BCUT2D eigenvalue weighted by atomic mass is 35.5. The van der Waals surface area contributed by atoms with Crippen molar-refractivity contribution < 1.29 is 4.79 Å². The number of para-hydroxylation sites is 1. The molecule has 0 heterocycles. The molecule has 0 aliphatic heterocycles. The second-order valence-corrected chi connectivity index (χ2v) is 4.14. The van der Waals surface area contributed by atoms with Crippen molar-refractivity contribution in [2.75, 3.05) is 11.4 Å². The first-order valence-electron chi connectivity index (χ1n) is 5.09. The quantitative estimate of drug-likeness (QED) is 0.725. The van der Waals surface area contributed by atoms with Crippen LogP contribution < -0.4 is 4.90 Å². The van der Waals surface area contributed by atoms with Gasteiger partial charge in [0.15, 0.2) is 0 Å². The molecule has 0 spiro atoms. The zero-order valence-corrected chi connectivity index (χ0v) is 10.1. The third-order valence-corrected chi connectivity index (χ3v) is 2.52. The molecule has 0 N–H and O–H groups in total. The van der Waals surface area contributed by atoms with E-state index in [1.54, 1.807) is 11.8 Å². The summed E-state index contributed by atoms with van der Waals surface area (Å²) >= 11 is 5.81. The van der Waals surface area contributed by atoms with Gasteiger partial charge in [-0.1, -0.05) is 18.2 Å². The molecule has 3 heteroatoms. The van der Waals surface area contributed by atoms with Crippen molar-refractivity contribution in [1.29, 1.82) is 0 Å². The van der Waals surface area contributed by atoms with Gasteiger partial charge in [0.25, 0.3) is 0 Å². The molecule has 0 bridgehead atoms. The van der Waals surface area contributed by atoms with Gasteiger partial charge in [-0.25, -0.2) is 0 Å². The van der Waals surface area contributed by atoms with Crippen LogP contribution in [0.15, 0.2) is 24.3 Å². The molecule has 0 aliphatic rings. The fraction of sp³-hybridized carbons (Fsp3) is 0.417. The van der Waals surface area contributed by atoms with E-state index in [0.29, 0.717) is 6.54 Å². The maximum Gasteiger partial charge on any atom is 0.244 e. The van der Waals surface area contributed by atoms with Crippen molar-refractivity contribution in [2.45, 2.75) is 26.1 Å². The van der Waals surface area contributed by atoms with Crippen molar-refractivity contribution in [3.63, 3.8) is 0 Å². The third-order valence-electron chi connectivity index (χ3n) is 2.33. The summed E-state index contributed by atoms with van der Waals surface area (Å²) in [6, 6.07) is 7.82. The molecule has 0 aliphatic carbocycles. The van der Waals surface area contributed by atoms with Gasteiger partial charge in [0.05, 0.1) is 0 Å². The zero-order chi connectivity index (χ0) is 11.4. The van der Waals surface area contributed by atoms with Crippen molar-refractivity contribution in [3.8, 4) is 0 Å². The highest BCUT2D eigenvalue weighted by Gasteiger charge is 2.19. The molecule has 2 nitrogen and oxygen atoms in total. The average Bonchev–Trinajstić information content (AvgIpc) is 2.21. The van der Waals surface area contributed by atoms with E-state index in [1.807, 2.05) is 38.1 Å². The highest BCUT2D eigenvalue weighted by molar-refractivity contribution is 6.32. The SMILES string of the molecule is CCN(C(=O)[C@@H](C)Cl)c1ccccc1C. The van der Waals surface area contributed by atoms with E-state index in [-0.39, 0.29) is 5.91 Å². The zero-order valence-electron chi connectivity index (χ0n) is 9.33. The molecule has 0 unspecified atom stereocenters. The fourth-order valence-electron chi connectivity index (χ4n) is 1.53. The Hall–Kier alpha value is -1.02. The van der Waals surface area contributed by atoms with Crippen LogP contribution in [0.3, 0.4) is 0 Å². The predicted molar refractivity (Wildman–Crippen MR) is 64.5 cm³/mol. The van der Waals surface area contributed by atoms with E-state index in [0.717, 1.165) is 11.3 Å². The molecule has 1 aromatic carbocycles. The molecule has 15 heavy (non-hydrogen) atoms. The van der Waals surface area contributed by atoms with Gasteiger partial charge < -0.3 is 4.90 Å².